The lowest BCUT2D eigenvalue weighted by Gasteiger charge is -2.11. The van der Waals surface area contributed by atoms with Crippen LogP contribution in [0.5, 0.6) is 0 Å². The van der Waals surface area contributed by atoms with Gasteiger partial charge in [0.05, 0.1) is 18.8 Å². The van der Waals surface area contributed by atoms with Crippen LogP contribution in [0.2, 0.25) is 0 Å². The van der Waals surface area contributed by atoms with Crippen molar-refractivity contribution >= 4 is 29.0 Å². The molecule has 0 fully saturated rings. The fourth-order valence-corrected chi connectivity index (χ4v) is 4.91. The molecule has 3 aromatic rings. The molecule has 2 aliphatic rings. The number of hydrogen-bond donors (Lipinski definition) is 2. The van der Waals surface area contributed by atoms with Crippen molar-refractivity contribution in [3.8, 4) is 11.1 Å². The summed E-state index contributed by atoms with van der Waals surface area (Å²) in [6.45, 7) is 2.69. The Hall–Kier alpha value is -3.62. The monoisotopic (exact) mass is 492 g/mol. The average Bonchev–Trinajstić information content (AvgIpc) is 3.35. The molecule has 0 bridgehead atoms. The Morgan fingerprint density at radius 1 is 1.00 bits per heavy atom. The third-order valence-corrected chi connectivity index (χ3v) is 6.47. The predicted molar refractivity (Wildman–Crippen MR) is 132 cm³/mol. The molecule has 0 saturated carbocycles. The maximum Gasteiger partial charge on any atom is 0.256 e. The number of hydrogen-bond acceptors (Lipinski definition) is 4. The predicted octanol–water partition coefficient (Wildman–Crippen LogP) is 5.87. The van der Waals surface area contributed by atoms with Crippen LogP contribution >= 0.6 is 0 Å². The molecule has 0 saturated heterocycles. The molecule has 186 valence electrons. The standard InChI is InChI=1S/C28H26F2N2O4/c1-2-35-36-10-4-5-21-25(31-23-6-3-7-26(33)27(21)23)15-22-20-9-8-16(13-24(20)32-28(22)34)17-11-18(29)14-19(30)12-17/h8-9,11-15,31H,2-7,10H2,1H3,(H,32,34)/b22-15-. The maximum atomic E-state index is 13.7. The second-order valence-corrected chi connectivity index (χ2v) is 8.91. The summed E-state index contributed by atoms with van der Waals surface area (Å²) in [5, 5.41) is 2.85. The maximum absolute atomic E-state index is 13.7. The Morgan fingerprint density at radius 3 is 2.58 bits per heavy atom. The number of carbonyl (C=O) groups excluding carboxylic acids is 2. The number of amides is 1. The topological polar surface area (TPSA) is 80.4 Å². The van der Waals surface area contributed by atoms with Gasteiger partial charge in [-0.1, -0.05) is 12.1 Å². The largest absolute Gasteiger partial charge is 0.358 e. The van der Waals surface area contributed by atoms with Gasteiger partial charge in [-0.05, 0) is 73.6 Å². The molecule has 2 heterocycles. The SMILES string of the molecule is CCOOCCCc1c(/C=C2\C(=O)Nc3cc(-c4cc(F)cc(F)c4)ccc32)[nH]c2c1C(=O)CCC2. The zero-order valence-electron chi connectivity index (χ0n) is 19.9. The van der Waals surface area contributed by atoms with Crippen LogP contribution in [0.25, 0.3) is 22.8 Å². The lowest BCUT2D eigenvalue weighted by molar-refractivity contribution is -0.291. The summed E-state index contributed by atoms with van der Waals surface area (Å²) in [6, 6.07) is 8.52. The highest BCUT2D eigenvalue weighted by Gasteiger charge is 2.28. The molecule has 0 spiro atoms. The minimum atomic E-state index is -0.667. The Labute approximate surface area is 207 Å². The van der Waals surface area contributed by atoms with Gasteiger partial charge < -0.3 is 10.3 Å². The Bertz CT molecular complexity index is 1360. The first-order valence-electron chi connectivity index (χ1n) is 12.1. The highest BCUT2D eigenvalue weighted by Crippen LogP contribution is 2.38. The van der Waals surface area contributed by atoms with Gasteiger partial charge in [0.1, 0.15) is 11.6 Å². The van der Waals surface area contributed by atoms with E-state index in [-0.39, 0.29) is 11.7 Å². The summed E-state index contributed by atoms with van der Waals surface area (Å²) in [6.07, 6.45) is 5.13. The molecule has 0 radical (unpaired) electrons. The molecular weight excluding hydrogens is 466 g/mol. The third-order valence-electron chi connectivity index (χ3n) is 6.47. The molecule has 6 nitrogen and oxygen atoms in total. The number of aromatic amines is 1. The first-order chi connectivity index (χ1) is 17.4. The number of fused-ring (bicyclic) bond motifs is 2. The van der Waals surface area contributed by atoms with Gasteiger partial charge in [0.15, 0.2) is 5.78 Å². The van der Waals surface area contributed by atoms with Crippen LogP contribution in [0, 0.1) is 11.6 Å². The molecule has 2 aromatic carbocycles. The summed E-state index contributed by atoms with van der Waals surface area (Å²) in [5.41, 5.74) is 5.93. The van der Waals surface area contributed by atoms with Gasteiger partial charge in [-0.15, -0.1) is 0 Å². The summed E-state index contributed by atoms with van der Waals surface area (Å²) in [4.78, 5) is 39.1. The average molecular weight is 493 g/mol. The molecular formula is C28H26F2N2O4. The number of aromatic nitrogens is 1. The van der Waals surface area contributed by atoms with Gasteiger partial charge in [0, 0.05) is 40.7 Å². The minimum absolute atomic E-state index is 0.112. The summed E-state index contributed by atoms with van der Waals surface area (Å²) >= 11 is 0. The molecule has 8 heteroatoms. The van der Waals surface area contributed by atoms with Crippen LogP contribution in [0.3, 0.4) is 0 Å². The number of ketones is 1. The fraction of sp³-hybridized carbons (Fsp3) is 0.286. The van der Waals surface area contributed by atoms with Crippen LogP contribution in [0.1, 0.15) is 59.1 Å². The summed E-state index contributed by atoms with van der Waals surface area (Å²) in [7, 11) is 0. The molecule has 36 heavy (non-hydrogen) atoms. The van der Waals surface area contributed by atoms with Crippen molar-refractivity contribution in [1.82, 2.24) is 4.98 Å². The molecule has 0 atom stereocenters. The van der Waals surface area contributed by atoms with Gasteiger partial charge >= 0.3 is 0 Å². The van der Waals surface area contributed by atoms with E-state index in [1.807, 2.05) is 6.92 Å². The van der Waals surface area contributed by atoms with E-state index in [1.165, 1.54) is 12.1 Å². The van der Waals surface area contributed by atoms with Crippen molar-refractivity contribution in [2.75, 3.05) is 18.5 Å². The van der Waals surface area contributed by atoms with E-state index < -0.39 is 11.6 Å². The normalized spacial score (nSPS) is 15.8. The number of H-pyrrole nitrogens is 1. The molecule has 1 aliphatic heterocycles. The van der Waals surface area contributed by atoms with Crippen molar-refractivity contribution in [3.05, 3.63) is 76.1 Å². The van der Waals surface area contributed by atoms with E-state index in [2.05, 4.69) is 10.3 Å². The molecule has 1 aromatic heterocycles. The van der Waals surface area contributed by atoms with Gasteiger partial charge in [-0.3, -0.25) is 9.59 Å². The lowest BCUT2D eigenvalue weighted by atomic mass is 9.91. The van der Waals surface area contributed by atoms with Gasteiger partial charge in [-0.25, -0.2) is 18.6 Å². The van der Waals surface area contributed by atoms with Crippen molar-refractivity contribution in [2.45, 2.75) is 39.0 Å². The van der Waals surface area contributed by atoms with E-state index in [4.69, 9.17) is 9.78 Å². The van der Waals surface area contributed by atoms with Crippen LogP contribution in [0.15, 0.2) is 36.4 Å². The second-order valence-electron chi connectivity index (χ2n) is 8.91. The number of Topliss-reactive ketones (excluding diaryl/α,β-unsaturated/α-hetero) is 1. The molecule has 0 unspecified atom stereocenters. The Morgan fingerprint density at radius 2 is 1.81 bits per heavy atom. The fourth-order valence-electron chi connectivity index (χ4n) is 4.91. The zero-order valence-corrected chi connectivity index (χ0v) is 19.9. The molecule has 1 aliphatic carbocycles. The summed E-state index contributed by atoms with van der Waals surface area (Å²) in [5.74, 6) is -1.50. The van der Waals surface area contributed by atoms with E-state index in [0.717, 1.165) is 41.4 Å². The van der Waals surface area contributed by atoms with Crippen LogP contribution in [0.4, 0.5) is 14.5 Å². The Kier molecular flexibility index (Phi) is 6.80. The number of carbonyl (C=O) groups is 2. The number of anilines is 1. The number of benzene rings is 2. The van der Waals surface area contributed by atoms with Gasteiger partial charge in [0.2, 0.25) is 0 Å². The van der Waals surface area contributed by atoms with E-state index in [1.54, 1.807) is 24.3 Å². The molecule has 2 N–H and O–H groups in total. The quantitative estimate of drug-likeness (QED) is 0.178. The van der Waals surface area contributed by atoms with Crippen molar-refractivity contribution in [3.63, 3.8) is 0 Å². The second kappa shape index (κ2) is 10.2. The smallest absolute Gasteiger partial charge is 0.256 e. The highest BCUT2D eigenvalue weighted by molar-refractivity contribution is 6.35. The third kappa shape index (κ3) is 4.74. The van der Waals surface area contributed by atoms with Crippen molar-refractivity contribution < 1.29 is 28.1 Å². The van der Waals surface area contributed by atoms with E-state index in [0.29, 0.717) is 60.4 Å². The first kappa shape index (κ1) is 24.1. The number of nitrogens with one attached hydrogen (secondary N) is 2. The van der Waals surface area contributed by atoms with E-state index in [9.17, 15) is 18.4 Å². The molecule has 5 rings (SSSR count). The lowest BCUT2D eigenvalue weighted by Crippen LogP contribution is -2.11. The Balaban J connectivity index is 1.49. The van der Waals surface area contributed by atoms with Crippen molar-refractivity contribution in [2.24, 2.45) is 0 Å². The van der Waals surface area contributed by atoms with Gasteiger partial charge in [-0.2, -0.15) is 0 Å². The number of aryl methyl sites for hydroxylation is 1. The van der Waals surface area contributed by atoms with Crippen molar-refractivity contribution in [1.29, 1.82) is 0 Å². The van der Waals surface area contributed by atoms with E-state index >= 15 is 0 Å². The number of rotatable bonds is 8. The van der Waals surface area contributed by atoms with Crippen LogP contribution in [-0.4, -0.2) is 29.9 Å². The van der Waals surface area contributed by atoms with Crippen LogP contribution in [-0.2, 0) is 27.4 Å². The number of halogens is 2. The molecule has 1 amide bonds. The minimum Gasteiger partial charge on any atom is -0.358 e. The summed E-state index contributed by atoms with van der Waals surface area (Å²) < 4.78 is 27.4. The zero-order chi connectivity index (χ0) is 25.2. The van der Waals surface area contributed by atoms with Gasteiger partial charge in [0.25, 0.3) is 5.91 Å². The van der Waals surface area contributed by atoms with Crippen LogP contribution < -0.4 is 5.32 Å². The first-order valence-corrected chi connectivity index (χ1v) is 12.1. The highest BCUT2D eigenvalue weighted by atomic mass is 19.1.